The number of aliphatic hydroxyl groups is 1. The summed E-state index contributed by atoms with van der Waals surface area (Å²) in [4.78, 5) is 40.4. The lowest BCUT2D eigenvalue weighted by molar-refractivity contribution is -0.149. The van der Waals surface area contributed by atoms with E-state index in [9.17, 15) is 34.8 Å². The number of fused-ring (bicyclic) bond motifs is 1. The number of phenols is 3. The van der Waals surface area contributed by atoms with E-state index >= 15 is 0 Å². The largest absolute Gasteiger partial charge is 0.507 e. The summed E-state index contributed by atoms with van der Waals surface area (Å²) in [5, 5.41) is 42.3. The Balaban J connectivity index is 0.000000234. The number of rotatable bonds is 7. The summed E-state index contributed by atoms with van der Waals surface area (Å²) in [6.07, 6.45) is 1.35. The molecule has 0 radical (unpaired) electrons. The monoisotopic (exact) mass is 776 g/mol. The average molecular weight is 777 g/mol. The van der Waals surface area contributed by atoms with Crippen LogP contribution in [-0.2, 0) is 9.53 Å². The lowest BCUT2D eigenvalue weighted by atomic mass is 9.84. The van der Waals surface area contributed by atoms with Crippen molar-refractivity contribution in [1.82, 2.24) is 9.80 Å². The number of aryl methyl sites for hydroxylation is 1. The fourth-order valence-electron chi connectivity index (χ4n) is 7.49. The number of methoxy groups -OCH3 is 2. The minimum absolute atomic E-state index is 0.0243. The fraction of sp³-hybridized carbons (Fsp3) is 0.465. The van der Waals surface area contributed by atoms with E-state index in [1.807, 2.05) is 50.2 Å². The number of aliphatic hydroxyl groups excluding tert-OH is 1. The van der Waals surface area contributed by atoms with Crippen LogP contribution in [0, 0.1) is 6.92 Å². The molecule has 3 heterocycles. The Morgan fingerprint density at radius 2 is 1.46 bits per heavy atom. The van der Waals surface area contributed by atoms with Gasteiger partial charge >= 0.3 is 5.97 Å². The number of likely N-dealkylation sites (N-methyl/N-ethyl adjacent to an activating group) is 2. The van der Waals surface area contributed by atoms with Gasteiger partial charge in [0.2, 0.25) is 0 Å². The van der Waals surface area contributed by atoms with Crippen LogP contribution in [0.1, 0.15) is 85.8 Å². The quantitative estimate of drug-likeness (QED) is 0.121. The highest BCUT2D eigenvalue weighted by Gasteiger charge is 2.37. The second kappa shape index (κ2) is 19.2. The van der Waals surface area contributed by atoms with Crippen LogP contribution in [0.3, 0.4) is 0 Å². The van der Waals surface area contributed by atoms with Crippen LogP contribution in [0.5, 0.6) is 28.7 Å². The molecule has 0 aliphatic carbocycles. The fourth-order valence-corrected chi connectivity index (χ4v) is 7.49. The Bertz CT molecular complexity index is 2080. The summed E-state index contributed by atoms with van der Waals surface area (Å²) in [6, 6.07) is 11.6. The smallest absolute Gasteiger partial charge is 0.302 e. The van der Waals surface area contributed by atoms with E-state index in [2.05, 4.69) is 18.7 Å². The van der Waals surface area contributed by atoms with Gasteiger partial charge in [0.25, 0.3) is 0 Å². The number of aromatic hydroxyl groups is 3. The van der Waals surface area contributed by atoms with Gasteiger partial charge in [0.05, 0.1) is 20.3 Å². The third-order valence-electron chi connectivity index (χ3n) is 10.1. The summed E-state index contributed by atoms with van der Waals surface area (Å²) in [7, 11) is 6.78. The molecular formula is C43H56N2O11. The summed E-state index contributed by atoms with van der Waals surface area (Å²) < 4.78 is 22.2. The van der Waals surface area contributed by atoms with Crippen molar-refractivity contribution < 1.29 is 48.6 Å². The molecule has 13 nitrogen and oxygen atoms in total. The summed E-state index contributed by atoms with van der Waals surface area (Å²) >= 11 is 0. The van der Waals surface area contributed by atoms with E-state index in [-0.39, 0.29) is 62.6 Å². The van der Waals surface area contributed by atoms with Crippen molar-refractivity contribution in [3.8, 4) is 40.1 Å². The van der Waals surface area contributed by atoms with Crippen molar-refractivity contribution >= 4 is 22.7 Å². The number of carbonyl (C=O) groups is 2. The molecule has 13 heteroatoms. The molecule has 2 aliphatic heterocycles. The Morgan fingerprint density at radius 1 is 0.857 bits per heavy atom. The van der Waals surface area contributed by atoms with Gasteiger partial charge < -0.3 is 48.9 Å². The molecule has 0 unspecified atom stereocenters. The number of carbonyl (C=O) groups excluding carboxylic acids is 2. The van der Waals surface area contributed by atoms with E-state index < -0.39 is 18.1 Å². The number of esters is 1. The number of nitrogens with zero attached hydrogens (tertiary/aromatic N) is 2. The van der Waals surface area contributed by atoms with E-state index in [4.69, 9.17) is 18.6 Å². The molecule has 2 saturated heterocycles. The maximum absolute atomic E-state index is 12.8. The van der Waals surface area contributed by atoms with Crippen LogP contribution >= 0.6 is 0 Å². The molecule has 3 aromatic carbocycles. The maximum atomic E-state index is 12.8. The highest BCUT2D eigenvalue weighted by Crippen LogP contribution is 2.47. The predicted molar refractivity (Wildman–Crippen MR) is 214 cm³/mol. The lowest BCUT2D eigenvalue weighted by Crippen LogP contribution is -2.43. The number of likely N-dealkylation sites (tertiary alicyclic amines) is 2. The molecule has 56 heavy (non-hydrogen) atoms. The molecule has 4 atom stereocenters. The van der Waals surface area contributed by atoms with Gasteiger partial charge in [-0.15, -0.1) is 0 Å². The standard InChI is InChI=1S/C22H23NO5.C18H25NO6.C3H8/c1-12-5-3-4-6-13(12)19-10-17(26)21-16(25)9-15(24)20(22(21)28-19)14-7-8-23(2)11-18(14)27;1-10(20)16-13(23-4)8-14(24-5)17(18(16)22)12-6-7-19(3)9-15(12)25-11(2)21;1-3-2/h3-6,9-10,14,18,24-25,27H,7-8,11H2,1-2H3;8,12,15,22H,6-7,9H2,1-5H3;3H2,1-2H3/t14-,18+;12-,15+;/m00./s1. The normalized spacial score (nSPS) is 19.9. The zero-order valence-electron chi connectivity index (χ0n) is 33.8. The minimum Gasteiger partial charge on any atom is -0.507 e. The Hall–Kier alpha value is -5.11. The van der Waals surface area contributed by atoms with E-state index in [1.54, 1.807) is 6.07 Å². The first kappa shape index (κ1) is 43.6. The molecule has 2 aliphatic rings. The number of piperidine rings is 2. The topological polar surface area (TPSA) is 179 Å². The molecule has 0 amide bonds. The van der Waals surface area contributed by atoms with Gasteiger partial charge in [-0.25, -0.2) is 0 Å². The number of benzene rings is 3. The highest BCUT2D eigenvalue weighted by molar-refractivity contribution is 6.00. The van der Waals surface area contributed by atoms with Crippen LogP contribution in [-0.4, -0.2) is 109 Å². The molecule has 0 saturated carbocycles. The summed E-state index contributed by atoms with van der Waals surface area (Å²) in [5.74, 6) is -1.02. The Kier molecular flexibility index (Phi) is 14.9. The van der Waals surface area contributed by atoms with Gasteiger partial charge in [-0.3, -0.25) is 14.4 Å². The van der Waals surface area contributed by atoms with Crippen LogP contribution in [0.15, 0.2) is 51.7 Å². The van der Waals surface area contributed by atoms with E-state index in [0.29, 0.717) is 48.6 Å². The molecule has 4 N–H and O–H groups in total. The first-order valence-electron chi connectivity index (χ1n) is 18.9. The maximum Gasteiger partial charge on any atom is 0.302 e. The van der Waals surface area contributed by atoms with Crippen molar-refractivity contribution in [3.63, 3.8) is 0 Å². The zero-order valence-corrected chi connectivity index (χ0v) is 33.8. The average Bonchev–Trinajstić information content (AvgIpc) is 3.12. The number of phenolic OH excluding ortho intramolecular Hbond substituents is 3. The van der Waals surface area contributed by atoms with Crippen molar-refractivity contribution in [1.29, 1.82) is 0 Å². The number of Topliss-reactive ketones (excluding diaryl/α,β-unsaturated/α-hetero) is 1. The lowest BCUT2D eigenvalue weighted by Gasteiger charge is -2.37. The second-order valence-electron chi connectivity index (χ2n) is 14.5. The third-order valence-corrected chi connectivity index (χ3v) is 10.1. The van der Waals surface area contributed by atoms with Crippen LogP contribution in [0.25, 0.3) is 22.3 Å². The summed E-state index contributed by atoms with van der Waals surface area (Å²) in [5.41, 5.74) is 2.42. The number of β-amino-alcohol motifs (C(OH)–C–C–N with tert-alkyl or cyclic N) is 1. The van der Waals surface area contributed by atoms with Gasteiger partial charge in [0.15, 0.2) is 11.2 Å². The van der Waals surface area contributed by atoms with Crippen molar-refractivity contribution in [2.24, 2.45) is 0 Å². The first-order valence-corrected chi connectivity index (χ1v) is 18.9. The molecule has 0 spiro atoms. The van der Waals surface area contributed by atoms with Crippen LogP contribution < -0.4 is 14.9 Å². The molecule has 0 bridgehead atoms. The summed E-state index contributed by atoms with van der Waals surface area (Å²) in [6.45, 7) is 11.4. The Morgan fingerprint density at radius 3 is 2.04 bits per heavy atom. The van der Waals surface area contributed by atoms with Crippen molar-refractivity contribution in [2.45, 2.75) is 77.9 Å². The first-order chi connectivity index (χ1) is 26.6. The molecule has 6 rings (SSSR count). The van der Waals surface area contributed by atoms with Crippen molar-refractivity contribution in [2.75, 3.05) is 54.5 Å². The molecular weight excluding hydrogens is 720 g/mol. The predicted octanol–water partition coefficient (Wildman–Crippen LogP) is 6.34. The van der Waals surface area contributed by atoms with Gasteiger partial charge in [0, 0.05) is 66.7 Å². The molecule has 4 aromatic rings. The van der Waals surface area contributed by atoms with Gasteiger partial charge in [-0.1, -0.05) is 44.5 Å². The van der Waals surface area contributed by atoms with Gasteiger partial charge in [-0.2, -0.15) is 0 Å². The van der Waals surface area contributed by atoms with Crippen LogP contribution in [0.4, 0.5) is 0 Å². The molecule has 2 fully saturated rings. The van der Waals surface area contributed by atoms with Crippen molar-refractivity contribution in [3.05, 3.63) is 74.9 Å². The number of hydrogen-bond donors (Lipinski definition) is 4. The number of ether oxygens (including phenoxy) is 3. The third kappa shape index (κ3) is 9.63. The molecule has 304 valence electrons. The SMILES string of the molecule is CCC.COc1cc(OC)c([C@H]2CCN(C)C[C@H]2OC(C)=O)c(O)c1C(C)=O.Cc1ccccc1-c1cc(=O)c2c(O)cc(O)c([C@H]3CCN(C)C[C@H]3O)c2o1. The van der Waals surface area contributed by atoms with Gasteiger partial charge in [0.1, 0.15) is 57.1 Å². The van der Waals surface area contributed by atoms with E-state index in [1.165, 1.54) is 40.6 Å². The van der Waals surface area contributed by atoms with Crippen LogP contribution in [0.2, 0.25) is 0 Å². The number of hydrogen-bond acceptors (Lipinski definition) is 13. The second-order valence-corrected chi connectivity index (χ2v) is 14.5. The molecule has 1 aromatic heterocycles. The zero-order chi connectivity index (χ0) is 41.4. The Labute approximate surface area is 328 Å². The van der Waals surface area contributed by atoms with Gasteiger partial charge in [-0.05, 0) is 59.4 Å². The van der Waals surface area contributed by atoms with E-state index in [0.717, 1.165) is 30.3 Å². The number of ketones is 1. The minimum atomic E-state index is -0.718. The highest BCUT2D eigenvalue weighted by atomic mass is 16.5.